The number of hydrogen-bond donors (Lipinski definition) is 1. The third-order valence-corrected chi connectivity index (χ3v) is 5.91. The van der Waals surface area contributed by atoms with Gasteiger partial charge in [-0.3, -0.25) is 0 Å². The van der Waals surface area contributed by atoms with Crippen molar-refractivity contribution in [2.45, 2.75) is 19.4 Å². The maximum absolute atomic E-state index is 11.8. The molecule has 0 bridgehead atoms. The summed E-state index contributed by atoms with van der Waals surface area (Å²) in [4.78, 5) is 0. The molecule has 1 rings (SSSR count). The van der Waals surface area contributed by atoms with E-state index in [1.807, 2.05) is 31.2 Å². The molecular weight excluding hydrogens is 298 g/mol. The topological polar surface area (TPSA) is 94.3 Å². The van der Waals surface area contributed by atoms with Crippen LogP contribution in [0.2, 0.25) is 0 Å². The average Bonchev–Trinajstić information content (AvgIpc) is 2.35. The molecule has 0 spiro atoms. The summed E-state index contributed by atoms with van der Waals surface area (Å²) in [6.45, 7) is 2.03. The zero-order chi connectivity index (χ0) is 15.4. The minimum atomic E-state index is -3.48. The lowest BCUT2D eigenvalue weighted by Crippen LogP contribution is -2.26. The highest BCUT2D eigenvalue weighted by Gasteiger charge is 2.19. The summed E-state index contributed by atoms with van der Waals surface area (Å²) in [6, 6.07) is 6.83. The summed E-state index contributed by atoms with van der Waals surface area (Å²) in [5, 5.41) is 0. The van der Waals surface area contributed by atoms with Gasteiger partial charge in [0.15, 0.2) is 9.84 Å². The van der Waals surface area contributed by atoms with Gasteiger partial charge in [0.2, 0.25) is 0 Å². The lowest BCUT2D eigenvalue weighted by molar-refractivity contribution is 0.585. The van der Waals surface area contributed by atoms with Crippen molar-refractivity contribution in [1.29, 1.82) is 0 Å². The molecule has 1 atom stereocenters. The van der Waals surface area contributed by atoms with E-state index in [0.29, 0.717) is 0 Å². The molecule has 5 nitrogen and oxygen atoms in total. The Kier molecular flexibility index (Phi) is 5.73. The van der Waals surface area contributed by atoms with Crippen LogP contribution in [0, 0.1) is 0 Å². The van der Waals surface area contributed by atoms with Crippen LogP contribution in [0.1, 0.15) is 24.1 Å². The van der Waals surface area contributed by atoms with Gasteiger partial charge in [0.25, 0.3) is 0 Å². The van der Waals surface area contributed by atoms with E-state index in [1.165, 1.54) is 0 Å². The number of rotatable bonds is 7. The van der Waals surface area contributed by atoms with E-state index in [-0.39, 0.29) is 17.3 Å². The molecule has 2 N–H and O–H groups in total. The van der Waals surface area contributed by atoms with Crippen LogP contribution in [0.25, 0.3) is 0 Å². The molecule has 0 amide bonds. The Morgan fingerprint density at radius 1 is 1.05 bits per heavy atom. The van der Waals surface area contributed by atoms with Crippen LogP contribution in [0.5, 0.6) is 0 Å². The van der Waals surface area contributed by atoms with E-state index in [4.69, 9.17) is 5.73 Å². The van der Waals surface area contributed by atoms with Gasteiger partial charge in [0, 0.05) is 12.3 Å². The van der Waals surface area contributed by atoms with E-state index in [0.717, 1.165) is 23.8 Å². The zero-order valence-electron chi connectivity index (χ0n) is 11.7. The molecule has 0 radical (unpaired) electrons. The van der Waals surface area contributed by atoms with Crippen molar-refractivity contribution in [1.82, 2.24) is 0 Å². The lowest BCUT2D eigenvalue weighted by atomic mass is 10.1. The SMILES string of the molecule is CCc1ccc(C(N)CS(=O)(=O)CCS(C)(=O)=O)cc1. The van der Waals surface area contributed by atoms with Crippen LogP contribution in [0.4, 0.5) is 0 Å². The predicted molar refractivity (Wildman–Crippen MR) is 81.1 cm³/mol. The van der Waals surface area contributed by atoms with Crippen LogP contribution in [0.3, 0.4) is 0 Å². The van der Waals surface area contributed by atoms with Gasteiger partial charge in [0.1, 0.15) is 9.84 Å². The second-order valence-corrected chi connectivity index (χ2v) is 9.43. The van der Waals surface area contributed by atoms with Crippen molar-refractivity contribution >= 4 is 19.7 Å². The summed E-state index contributed by atoms with van der Waals surface area (Å²) in [6.07, 6.45) is 1.92. The molecule has 0 aromatic heterocycles. The average molecular weight is 319 g/mol. The molecule has 1 unspecified atom stereocenters. The standard InChI is InChI=1S/C13H21NO4S2/c1-3-11-4-6-12(7-5-11)13(14)10-20(17,18)9-8-19(2,15)16/h4-7,13H,3,8-10,14H2,1-2H3. The lowest BCUT2D eigenvalue weighted by Gasteiger charge is -2.13. The van der Waals surface area contributed by atoms with Crippen LogP contribution < -0.4 is 5.73 Å². The van der Waals surface area contributed by atoms with Crippen molar-refractivity contribution in [3.05, 3.63) is 35.4 Å². The molecule has 1 aromatic carbocycles. The first-order valence-electron chi connectivity index (χ1n) is 6.35. The monoisotopic (exact) mass is 319 g/mol. The summed E-state index contributed by atoms with van der Waals surface area (Å²) in [5.74, 6) is -0.989. The number of benzene rings is 1. The number of sulfone groups is 2. The molecule has 114 valence electrons. The van der Waals surface area contributed by atoms with Crippen molar-refractivity contribution in [2.24, 2.45) is 5.73 Å². The third-order valence-electron chi connectivity index (χ3n) is 3.01. The Labute approximate surface area is 121 Å². The van der Waals surface area contributed by atoms with E-state index in [9.17, 15) is 16.8 Å². The van der Waals surface area contributed by atoms with E-state index >= 15 is 0 Å². The maximum atomic E-state index is 11.8. The number of nitrogens with two attached hydrogens (primary N) is 1. The molecule has 0 aliphatic rings. The van der Waals surface area contributed by atoms with Gasteiger partial charge < -0.3 is 5.73 Å². The molecular formula is C13H21NO4S2. The van der Waals surface area contributed by atoms with Gasteiger partial charge in [0.05, 0.1) is 17.3 Å². The fourth-order valence-electron chi connectivity index (χ4n) is 1.73. The van der Waals surface area contributed by atoms with Crippen molar-refractivity contribution in [2.75, 3.05) is 23.5 Å². The van der Waals surface area contributed by atoms with Gasteiger partial charge in [-0.15, -0.1) is 0 Å². The summed E-state index contributed by atoms with van der Waals surface area (Å²) in [7, 11) is -6.77. The first-order valence-corrected chi connectivity index (χ1v) is 10.2. The molecule has 20 heavy (non-hydrogen) atoms. The molecule has 1 aromatic rings. The zero-order valence-corrected chi connectivity index (χ0v) is 13.4. The Bertz CT molecular complexity index is 633. The largest absolute Gasteiger partial charge is 0.323 e. The Balaban J connectivity index is 2.70. The van der Waals surface area contributed by atoms with Gasteiger partial charge in [-0.25, -0.2) is 16.8 Å². The van der Waals surface area contributed by atoms with E-state index < -0.39 is 25.7 Å². The van der Waals surface area contributed by atoms with Crippen LogP contribution in [-0.4, -0.2) is 40.3 Å². The normalized spacial score (nSPS) is 14.2. The Hall–Kier alpha value is -0.920. The molecule has 0 aliphatic carbocycles. The second-order valence-electron chi connectivity index (χ2n) is 4.95. The second kappa shape index (κ2) is 6.69. The van der Waals surface area contributed by atoms with Crippen molar-refractivity contribution < 1.29 is 16.8 Å². The summed E-state index contributed by atoms with van der Waals surface area (Å²) >= 11 is 0. The molecule has 0 saturated heterocycles. The third kappa shape index (κ3) is 6.02. The minimum Gasteiger partial charge on any atom is -0.323 e. The van der Waals surface area contributed by atoms with E-state index in [2.05, 4.69) is 0 Å². The van der Waals surface area contributed by atoms with Gasteiger partial charge in [-0.2, -0.15) is 0 Å². The van der Waals surface area contributed by atoms with Crippen LogP contribution in [-0.2, 0) is 26.1 Å². The first-order chi connectivity index (χ1) is 9.13. The van der Waals surface area contributed by atoms with Gasteiger partial charge >= 0.3 is 0 Å². The first kappa shape index (κ1) is 17.1. The smallest absolute Gasteiger partial charge is 0.153 e. The van der Waals surface area contributed by atoms with Crippen LogP contribution in [0.15, 0.2) is 24.3 Å². The number of aryl methyl sites for hydroxylation is 1. The Morgan fingerprint density at radius 2 is 1.60 bits per heavy atom. The van der Waals surface area contributed by atoms with Crippen LogP contribution >= 0.6 is 0 Å². The minimum absolute atomic E-state index is 0.242. The number of hydrogen-bond acceptors (Lipinski definition) is 5. The highest BCUT2D eigenvalue weighted by Crippen LogP contribution is 2.14. The molecule has 0 heterocycles. The molecule has 0 aliphatic heterocycles. The fraction of sp³-hybridized carbons (Fsp3) is 0.538. The van der Waals surface area contributed by atoms with E-state index in [1.54, 1.807) is 0 Å². The highest BCUT2D eigenvalue weighted by molar-refractivity contribution is 7.94. The summed E-state index contributed by atoms with van der Waals surface area (Å²) in [5.41, 5.74) is 7.78. The van der Waals surface area contributed by atoms with Crippen molar-refractivity contribution in [3.8, 4) is 0 Å². The molecule has 0 saturated carbocycles. The molecule has 0 fully saturated rings. The maximum Gasteiger partial charge on any atom is 0.153 e. The predicted octanol–water partition coefficient (Wildman–Crippen LogP) is 0.708. The Morgan fingerprint density at radius 3 is 2.05 bits per heavy atom. The fourth-order valence-corrected chi connectivity index (χ4v) is 4.87. The molecule has 7 heteroatoms. The van der Waals surface area contributed by atoms with Crippen molar-refractivity contribution in [3.63, 3.8) is 0 Å². The summed E-state index contributed by atoms with van der Waals surface area (Å²) < 4.78 is 45.7. The highest BCUT2D eigenvalue weighted by atomic mass is 32.2. The quantitative estimate of drug-likeness (QED) is 0.798. The van der Waals surface area contributed by atoms with Gasteiger partial charge in [-0.05, 0) is 17.5 Å². The van der Waals surface area contributed by atoms with Gasteiger partial charge in [-0.1, -0.05) is 31.2 Å².